The summed E-state index contributed by atoms with van der Waals surface area (Å²) in [5.74, 6) is 1.23. The first-order chi connectivity index (χ1) is 10.3. The molecule has 3 heterocycles. The van der Waals surface area contributed by atoms with E-state index in [1.165, 1.54) is 54.3 Å². The maximum absolute atomic E-state index is 4.78. The zero-order valence-corrected chi connectivity index (χ0v) is 12.4. The van der Waals surface area contributed by atoms with Crippen LogP contribution in [0.25, 0.3) is 0 Å². The molecule has 0 aromatic rings. The van der Waals surface area contributed by atoms with Gasteiger partial charge in [-0.3, -0.25) is 9.98 Å². The summed E-state index contributed by atoms with van der Waals surface area (Å²) in [7, 11) is 2.25. The lowest BCUT2D eigenvalue weighted by Gasteiger charge is -2.37. The van der Waals surface area contributed by atoms with Crippen LogP contribution in [-0.2, 0) is 0 Å². The maximum atomic E-state index is 4.78. The van der Waals surface area contributed by atoms with Gasteiger partial charge in [0.05, 0.1) is 18.5 Å². The van der Waals surface area contributed by atoms with Crippen molar-refractivity contribution in [3.8, 4) is 0 Å². The quantitative estimate of drug-likeness (QED) is 0.772. The topological polar surface area (TPSA) is 41.2 Å². The lowest BCUT2D eigenvalue weighted by Crippen LogP contribution is -3.19. The van der Waals surface area contributed by atoms with E-state index in [0.717, 1.165) is 12.3 Å². The normalized spacial score (nSPS) is 36.6. The number of hydrogen-bond acceptors (Lipinski definition) is 3. The molecule has 0 aromatic heterocycles. The molecule has 0 bridgehead atoms. The third kappa shape index (κ3) is 1.93. The molecule has 3 aliphatic heterocycles. The first kappa shape index (κ1) is 11.9. The van der Waals surface area contributed by atoms with E-state index in [4.69, 9.17) is 4.99 Å². The summed E-state index contributed by atoms with van der Waals surface area (Å²) in [4.78, 5) is 10.8. The summed E-state index contributed by atoms with van der Waals surface area (Å²) in [6.07, 6.45) is 10.5. The summed E-state index contributed by atoms with van der Waals surface area (Å²) in [5.41, 5.74) is 6.47. The number of rotatable bonds is 4. The van der Waals surface area contributed by atoms with Crippen LogP contribution in [-0.4, -0.2) is 37.6 Å². The Morgan fingerprint density at radius 2 is 2.10 bits per heavy atom. The van der Waals surface area contributed by atoms with Crippen molar-refractivity contribution in [2.24, 2.45) is 21.8 Å². The second kappa shape index (κ2) is 4.17. The average Bonchev–Trinajstić information content (AvgIpc) is 3.13. The smallest absolute Gasteiger partial charge is 0.125 e. The number of fused-ring (bicyclic) bond motifs is 1. The Bertz CT molecular complexity index is 654. The molecule has 1 saturated heterocycles. The Morgan fingerprint density at radius 1 is 1.29 bits per heavy atom. The van der Waals surface area contributed by atoms with E-state index in [1.807, 2.05) is 6.20 Å². The number of likely N-dealkylation sites (N-methyl/N-ethyl adjacent to an activating group) is 1. The summed E-state index contributed by atoms with van der Waals surface area (Å²) in [5, 5.41) is 3.69. The van der Waals surface area contributed by atoms with Crippen molar-refractivity contribution in [3.05, 3.63) is 35.3 Å². The van der Waals surface area contributed by atoms with Crippen LogP contribution < -0.4 is 10.2 Å². The van der Waals surface area contributed by atoms with Gasteiger partial charge in [0, 0.05) is 29.4 Å². The van der Waals surface area contributed by atoms with Gasteiger partial charge >= 0.3 is 0 Å². The number of nitrogens with zero attached hydrogens (tertiary/aromatic N) is 2. The fraction of sp³-hybridized carbons (Fsp3) is 0.529. The van der Waals surface area contributed by atoms with E-state index >= 15 is 0 Å². The second-order valence-corrected chi connectivity index (χ2v) is 7.11. The molecule has 0 amide bonds. The highest BCUT2D eigenvalue weighted by Gasteiger charge is 2.36. The number of quaternary nitrogens is 1. The molecular formula is C17H21N4+. The van der Waals surface area contributed by atoms with Gasteiger partial charge in [-0.2, -0.15) is 0 Å². The Hall–Kier alpha value is -1.68. The van der Waals surface area contributed by atoms with Crippen molar-refractivity contribution in [1.82, 2.24) is 5.32 Å². The summed E-state index contributed by atoms with van der Waals surface area (Å²) in [6.45, 7) is 2.42. The molecule has 0 aromatic carbocycles. The van der Waals surface area contributed by atoms with Crippen LogP contribution in [0.2, 0.25) is 0 Å². The predicted molar refractivity (Wildman–Crippen MR) is 83.5 cm³/mol. The van der Waals surface area contributed by atoms with Gasteiger partial charge in [-0.15, -0.1) is 0 Å². The van der Waals surface area contributed by atoms with Crippen LogP contribution in [0.5, 0.6) is 0 Å². The zero-order valence-electron chi connectivity index (χ0n) is 12.4. The molecule has 21 heavy (non-hydrogen) atoms. The molecule has 5 rings (SSSR count). The molecule has 2 fully saturated rings. The van der Waals surface area contributed by atoms with Crippen molar-refractivity contribution in [2.75, 3.05) is 20.1 Å². The van der Waals surface area contributed by atoms with Crippen molar-refractivity contribution < 1.29 is 4.90 Å². The number of likely N-dealkylation sites (tertiary alicyclic amines) is 1. The van der Waals surface area contributed by atoms with Gasteiger partial charge in [-0.25, -0.2) is 0 Å². The van der Waals surface area contributed by atoms with E-state index in [9.17, 15) is 0 Å². The molecule has 2 aliphatic carbocycles. The van der Waals surface area contributed by atoms with E-state index in [1.54, 1.807) is 4.90 Å². The molecular weight excluding hydrogens is 260 g/mol. The Balaban J connectivity index is 1.32. The van der Waals surface area contributed by atoms with Gasteiger partial charge < -0.3 is 10.2 Å². The molecule has 0 radical (unpaired) electrons. The summed E-state index contributed by atoms with van der Waals surface area (Å²) < 4.78 is 0. The van der Waals surface area contributed by atoms with Crippen LogP contribution >= 0.6 is 0 Å². The Morgan fingerprint density at radius 3 is 2.71 bits per heavy atom. The molecule has 4 nitrogen and oxygen atoms in total. The minimum absolute atomic E-state index is 0.450. The van der Waals surface area contributed by atoms with Crippen LogP contribution in [0.15, 0.2) is 45.3 Å². The lowest BCUT2D eigenvalue weighted by atomic mass is 9.82. The third-order valence-electron chi connectivity index (χ3n) is 5.20. The van der Waals surface area contributed by atoms with Gasteiger partial charge in [0.2, 0.25) is 0 Å². The standard InChI is InChI=1S/C17H20N4/c1-21-8-13(9-21)19-16-5-11(4-12-7-18-17(12)16)15-6-14(20-15)10-2-3-10/h5-7,10-11,13,19H,2-4,8-9H2,1H3/p+1. The van der Waals surface area contributed by atoms with Gasteiger partial charge in [0.1, 0.15) is 19.1 Å². The predicted octanol–water partition coefficient (Wildman–Crippen LogP) is 0.464. The van der Waals surface area contributed by atoms with E-state index in [-0.39, 0.29) is 0 Å². The number of aliphatic imine (C=N–C) groups is 2. The molecule has 1 unspecified atom stereocenters. The number of allylic oxidation sites excluding steroid dienone is 3. The van der Waals surface area contributed by atoms with Crippen LogP contribution in [0.3, 0.4) is 0 Å². The highest BCUT2D eigenvalue weighted by atomic mass is 15.2. The minimum Gasteiger partial charge on any atom is -0.371 e. The fourth-order valence-electron chi connectivity index (χ4n) is 3.68. The third-order valence-corrected chi connectivity index (χ3v) is 5.20. The van der Waals surface area contributed by atoms with Crippen molar-refractivity contribution in [2.45, 2.75) is 25.3 Å². The number of nitrogens with one attached hydrogen (secondary N) is 2. The van der Waals surface area contributed by atoms with Crippen LogP contribution in [0.1, 0.15) is 19.3 Å². The minimum atomic E-state index is 0.450. The molecule has 1 saturated carbocycles. The molecule has 5 aliphatic rings. The van der Waals surface area contributed by atoms with Gasteiger partial charge in [0.15, 0.2) is 0 Å². The van der Waals surface area contributed by atoms with Crippen LogP contribution in [0.4, 0.5) is 0 Å². The fourth-order valence-corrected chi connectivity index (χ4v) is 3.68. The lowest BCUT2D eigenvalue weighted by molar-refractivity contribution is -0.923. The molecule has 4 heteroatoms. The molecule has 2 N–H and O–H groups in total. The van der Waals surface area contributed by atoms with Crippen molar-refractivity contribution in [3.63, 3.8) is 0 Å². The van der Waals surface area contributed by atoms with Crippen molar-refractivity contribution in [1.29, 1.82) is 0 Å². The number of hydrogen-bond donors (Lipinski definition) is 2. The Kier molecular flexibility index (Phi) is 2.37. The van der Waals surface area contributed by atoms with Gasteiger partial charge in [-0.05, 0) is 37.0 Å². The second-order valence-electron chi connectivity index (χ2n) is 7.11. The monoisotopic (exact) mass is 281 g/mol. The Labute approximate surface area is 125 Å². The van der Waals surface area contributed by atoms with E-state index in [2.05, 4.69) is 29.5 Å². The summed E-state index contributed by atoms with van der Waals surface area (Å²) >= 11 is 0. The van der Waals surface area contributed by atoms with E-state index in [0.29, 0.717) is 12.0 Å². The van der Waals surface area contributed by atoms with Crippen LogP contribution in [0, 0.1) is 11.8 Å². The van der Waals surface area contributed by atoms with Gasteiger partial charge in [0.25, 0.3) is 0 Å². The SMILES string of the molecule is C[NH+]1CC(NC2=CC(C3=CC(C4CC4)=N3)CC3=CN=C32)C1. The maximum Gasteiger partial charge on any atom is 0.125 e. The molecule has 1 atom stereocenters. The van der Waals surface area contributed by atoms with E-state index < -0.39 is 0 Å². The first-order valence-electron chi connectivity index (χ1n) is 8.13. The summed E-state index contributed by atoms with van der Waals surface area (Å²) in [6, 6.07) is 0.612. The van der Waals surface area contributed by atoms with Crippen molar-refractivity contribution >= 4 is 11.4 Å². The average molecular weight is 281 g/mol. The largest absolute Gasteiger partial charge is 0.371 e. The highest BCUT2D eigenvalue weighted by Crippen LogP contribution is 2.40. The molecule has 0 spiro atoms. The highest BCUT2D eigenvalue weighted by molar-refractivity contribution is 6.16. The zero-order chi connectivity index (χ0) is 14.0. The first-order valence-corrected chi connectivity index (χ1v) is 8.13. The van der Waals surface area contributed by atoms with Gasteiger partial charge in [-0.1, -0.05) is 0 Å². The molecule has 108 valence electrons.